The summed E-state index contributed by atoms with van der Waals surface area (Å²) in [6, 6.07) is 5.38. The summed E-state index contributed by atoms with van der Waals surface area (Å²) in [4.78, 5) is 4.28. The molecule has 0 saturated carbocycles. The zero-order valence-electron chi connectivity index (χ0n) is 9.00. The summed E-state index contributed by atoms with van der Waals surface area (Å²) in [7, 11) is 0. The average molecular weight is 324 g/mol. The fourth-order valence-corrected chi connectivity index (χ4v) is 2.26. The maximum atomic E-state index is 12.6. The number of halogens is 4. The molecular weight excluding hydrogens is 313 g/mol. The van der Waals surface area contributed by atoms with E-state index in [1.165, 1.54) is 4.57 Å². The van der Waals surface area contributed by atoms with Gasteiger partial charge in [0.15, 0.2) is 0 Å². The molecule has 0 aliphatic heterocycles. The largest absolute Gasteiger partial charge is 0.321 e. The van der Waals surface area contributed by atoms with Gasteiger partial charge in [0.25, 0.3) is 6.43 Å². The lowest BCUT2D eigenvalue weighted by atomic mass is 10.3. The highest BCUT2D eigenvalue weighted by Crippen LogP contribution is 2.27. The van der Waals surface area contributed by atoms with Crippen LogP contribution in [0.4, 0.5) is 8.78 Å². The second kappa shape index (κ2) is 4.90. The smallest absolute Gasteiger partial charge is 0.256 e. The highest BCUT2D eigenvalue weighted by molar-refractivity contribution is 9.10. The van der Waals surface area contributed by atoms with Gasteiger partial charge in [-0.3, -0.25) is 0 Å². The minimum atomic E-state index is -2.43. The van der Waals surface area contributed by atoms with Crippen molar-refractivity contribution in [3.05, 3.63) is 28.5 Å². The lowest BCUT2D eigenvalue weighted by Crippen LogP contribution is -2.10. The molecule has 0 bridgehead atoms. The first-order valence-electron chi connectivity index (χ1n) is 5.07. The Morgan fingerprint density at radius 2 is 2.18 bits per heavy atom. The van der Waals surface area contributed by atoms with Gasteiger partial charge in [0.1, 0.15) is 5.82 Å². The monoisotopic (exact) mass is 322 g/mol. The van der Waals surface area contributed by atoms with E-state index in [4.69, 9.17) is 11.6 Å². The molecule has 1 heterocycles. The van der Waals surface area contributed by atoms with Gasteiger partial charge < -0.3 is 4.57 Å². The van der Waals surface area contributed by atoms with E-state index in [1.807, 2.05) is 6.07 Å². The predicted octanol–water partition coefficient (Wildman–Crippen LogP) is 4.36. The molecule has 1 aromatic heterocycles. The first kappa shape index (κ1) is 12.8. The Labute approximate surface area is 111 Å². The number of imidazole rings is 1. The fourth-order valence-electron chi connectivity index (χ4n) is 1.75. The number of fused-ring (bicyclic) bond motifs is 1. The van der Waals surface area contributed by atoms with Crippen LogP contribution in [-0.2, 0) is 6.54 Å². The number of nitrogens with zero attached hydrogens (tertiary/aromatic N) is 2. The summed E-state index contributed by atoms with van der Waals surface area (Å²) in [6.07, 6.45) is -2.43. The zero-order chi connectivity index (χ0) is 12.6. The van der Waals surface area contributed by atoms with Crippen molar-refractivity contribution in [2.75, 3.05) is 0 Å². The molecule has 2 nitrogen and oxygen atoms in total. The molecular formula is C11H10BrClF2N2. The Morgan fingerprint density at radius 3 is 2.76 bits per heavy atom. The minimum absolute atomic E-state index is 0.390. The van der Waals surface area contributed by atoms with Crippen LogP contribution in [0.2, 0.25) is 0 Å². The molecule has 0 spiro atoms. The third-order valence-electron chi connectivity index (χ3n) is 2.42. The van der Waals surface area contributed by atoms with Crippen molar-refractivity contribution < 1.29 is 8.78 Å². The quantitative estimate of drug-likeness (QED) is 0.767. The van der Waals surface area contributed by atoms with E-state index in [1.54, 1.807) is 19.1 Å². The van der Waals surface area contributed by atoms with Crippen molar-refractivity contribution in [1.82, 2.24) is 9.55 Å². The van der Waals surface area contributed by atoms with Crippen molar-refractivity contribution in [2.45, 2.75) is 25.3 Å². The van der Waals surface area contributed by atoms with Crippen molar-refractivity contribution in [3.8, 4) is 0 Å². The van der Waals surface area contributed by atoms with E-state index < -0.39 is 11.8 Å². The van der Waals surface area contributed by atoms with Gasteiger partial charge in [-0.15, -0.1) is 11.6 Å². The van der Waals surface area contributed by atoms with Gasteiger partial charge in [-0.1, -0.05) is 15.9 Å². The molecule has 0 radical (unpaired) electrons. The molecule has 1 unspecified atom stereocenters. The summed E-state index contributed by atoms with van der Waals surface area (Å²) >= 11 is 9.28. The molecule has 0 amide bonds. The second-order valence-electron chi connectivity index (χ2n) is 3.72. The van der Waals surface area contributed by atoms with E-state index in [-0.39, 0.29) is 6.54 Å². The SMILES string of the molecule is CC(Cl)c1nc2ccc(Br)cc2n1CC(F)F. The zero-order valence-corrected chi connectivity index (χ0v) is 11.3. The number of hydrogen-bond donors (Lipinski definition) is 0. The van der Waals surface area contributed by atoms with Crippen LogP contribution in [0.25, 0.3) is 11.0 Å². The van der Waals surface area contributed by atoms with Crippen LogP contribution in [0.3, 0.4) is 0 Å². The molecule has 0 N–H and O–H groups in total. The van der Waals surface area contributed by atoms with Gasteiger partial charge in [-0.25, -0.2) is 13.8 Å². The van der Waals surface area contributed by atoms with Gasteiger partial charge in [0, 0.05) is 4.47 Å². The Morgan fingerprint density at radius 1 is 1.47 bits per heavy atom. The maximum absolute atomic E-state index is 12.6. The summed E-state index contributed by atoms with van der Waals surface area (Å²) in [5.74, 6) is 0.472. The Bertz CT molecular complexity index is 539. The highest BCUT2D eigenvalue weighted by atomic mass is 79.9. The summed E-state index contributed by atoms with van der Waals surface area (Å²) in [5.41, 5.74) is 1.35. The standard InChI is InChI=1S/C11H10BrClF2N2/c1-6(13)11-16-8-3-2-7(12)4-9(8)17(11)5-10(14)15/h2-4,6,10H,5H2,1H3. The number of hydrogen-bond acceptors (Lipinski definition) is 1. The molecule has 17 heavy (non-hydrogen) atoms. The Hall–Kier alpha value is -0.680. The van der Waals surface area contributed by atoms with E-state index in [9.17, 15) is 8.78 Å². The molecule has 2 aromatic rings. The van der Waals surface area contributed by atoms with Crippen LogP contribution in [-0.4, -0.2) is 16.0 Å². The van der Waals surface area contributed by atoms with Gasteiger partial charge >= 0.3 is 0 Å². The summed E-state index contributed by atoms with van der Waals surface area (Å²) < 4.78 is 27.4. The van der Waals surface area contributed by atoms with E-state index in [0.29, 0.717) is 16.9 Å². The van der Waals surface area contributed by atoms with E-state index in [0.717, 1.165) is 4.47 Å². The Kier molecular flexibility index (Phi) is 3.68. The molecule has 1 aromatic carbocycles. The third kappa shape index (κ3) is 2.60. The molecule has 0 aliphatic rings. The van der Waals surface area contributed by atoms with Crippen LogP contribution in [0.15, 0.2) is 22.7 Å². The molecule has 0 saturated heterocycles. The third-order valence-corrected chi connectivity index (χ3v) is 3.10. The van der Waals surface area contributed by atoms with Gasteiger partial charge in [0.2, 0.25) is 0 Å². The summed E-state index contributed by atoms with van der Waals surface area (Å²) in [6.45, 7) is 1.33. The van der Waals surface area contributed by atoms with Crippen LogP contribution < -0.4 is 0 Å². The van der Waals surface area contributed by atoms with Crippen molar-refractivity contribution in [3.63, 3.8) is 0 Å². The van der Waals surface area contributed by atoms with Gasteiger partial charge in [-0.05, 0) is 25.1 Å². The minimum Gasteiger partial charge on any atom is -0.321 e. The summed E-state index contributed by atoms with van der Waals surface area (Å²) in [5, 5.41) is -0.403. The highest BCUT2D eigenvalue weighted by Gasteiger charge is 2.17. The Balaban J connectivity index is 2.64. The lowest BCUT2D eigenvalue weighted by molar-refractivity contribution is 0.127. The topological polar surface area (TPSA) is 17.8 Å². The number of rotatable bonds is 3. The molecule has 1 atom stereocenters. The van der Waals surface area contributed by atoms with Gasteiger partial charge in [0.05, 0.1) is 23.0 Å². The first-order chi connectivity index (χ1) is 7.99. The number of benzene rings is 1. The van der Waals surface area contributed by atoms with Crippen molar-refractivity contribution in [2.24, 2.45) is 0 Å². The molecule has 0 aliphatic carbocycles. The van der Waals surface area contributed by atoms with Crippen LogP contribution in [0.5, 0.6) is 0 Å². The van der Waals surface area contributed by atoms with Crippen LogP contribution in [0, 0.1) is 0 Å². The lowest BCUT2D eigenvalue weighted by Gasteiger charge is -2.09. The molecule has 6 heteroatoms. The number of aromatic nitrogens is 2. The average Bonchev–Trinajstić information content (AvgIpc) is 2.56. The van der Waals surface area contributed by atoms with E-state index >= 15 is 0 Å². The second-order valence-corrected chi connectivity index (χ2v) is 5.29. The van der Waals surface area contributed by atoms with E-state index in [2.05, 4.69) is 20.9 Å². The van der Waals surface area contributed by atoms with Crippen molar-refractivity contribution >= 4 is 38.6 Å². The maximum Gasteiger partial charge on any atom is 0.256 e. The number of alkyl halides is 3. The first-order valence-corrected chi connectivity index (χ1v) is 6.30. The van der Waals surface area contributed by atoms with Crippen molar-refractivity contribution in [1.29, 1.82) is 0 Å². The normalized spacial score (nSPS) is 13.5. The molecule has 0 fully saturated rings. The fraction of sp³-hybridized carbons (Fsp3) is 0.364. The molecule has 92 valence electrons. The molecule has 2 rings (SSSR count). The van der Waals surface area contributed by atoms with Crippen LogP contribution >= 0.6 is 27.5 Å². The van der Waals surface area contributed by atoms with Crippen LogP contribution in [0.1, 0.15) is 18.1 Å². The predicted molar refractivity (Wildman–Crippen MR) is 67.7 cm³/mol. The van der Waals surface area contributed by atoms with Gasteiger partial charge in [-0.2, -0.15) is 0 Å².